The first-order valence-corrected chi connectivity index (χ1v) is 6.34. The van der Waals surface area contributed by atoms with E-state index in [1.54, 1.807) is 11.9 Å². The maximum absolute atomic E-state index is 12.0. The van der Waals surface area contributed by atoms with Crippen molar-refractivity contribution in [3.05, 3.63) is 0 Å². The predicted octanol–water partition coefficient (Wildman–Crippen LogP) is 2.14. The van der Waals surface area contributed by atoms with Crippen molar-refractivity contribution in [3.63, 3.8) is 0 Å². The zero-order valence-corrected chi connectivity index (χ0v) is 11.0. The zero-order valence-electron chi connectivity index (χ0n) is 11.0. The average Bonchev–Trinajstić information content (AvgIpc) is 2.77. The number of rotatable bonds is 5. The molecule has 0 saturated heterocycles. The van der Waals surface area contributed by atoms with Gasteiger partial charge in [0.25, 0.3) is 0 Å². The Morgan fingerprint density at radius 3 is 2.29 bits per heavy atom. The summed E-state index contributed by atoms with van der Waals surface area (Å²) >= 11 is 0. The molecule has 0 atom stereocenters. The zero-order chi connectivity index (χ0) is 13.1. The smallest absolute Gasteiger partial charge is 0.318 e. The number of nitrogens with zero attached hydrogens (tertiary/aromatic N) is 1. The Bertz CT molecular complexity index is 293. The van der Waals surface area contributed by atoms with Crippen LogP contribution in [0, 0.1) is 11.3 Å². The fourth-order valence-corrected chi connectivity index (χ4v) is 2.35. The third-order valence-corrected chi connectivity index (χ3v) is 3.76. The van der Waals surface area contributed by atoms with E-state index in [1.807, 2.05) is 0 Å². The minimum Gasteiger partial charge on any atom is -0.480 e. The monoisotopic (exact) mass is 241 g/mol. The quantitative estimate of drug-likeness (QED) is 0.750. The minimum absolute atomic E-state index is 0.303. The molecule has 0 unspecified atom stereocenters. The molecule has 1 saturated carbocycles. The van der Waals surface area contributed by atoms with Crippen LogP contribution >= 0.6 is 0 Å². The van der Waals surface area contributed by atoms with Gasteiger partial charge in [0.05, 0.1) is 0 Å². The van der Waals surface area contributed by atoms with Crippen LogP contribution in [0.2, 0.25) is 0 Å². The van der Waals surface area contributed by atoms with Gasteiger partial charge in [-0.15, -0.1) is 0 Å². The van der Waals surface area contributed by atoms with Gasteiger partial charge in [-0.25, -0.2) is 0 Å². The molecule has 98 valence electrons. The Morgan fingerprint density at radius 2 is 1.82 bits per heavy atom. The summed E-state index contributed by atoms with van der Waals surface area (Å²) in [5.74, 6) is -0.642. The van der Waals surface area contributed by atoms with E-state index in [0.29, 0.717) is 6.54 Å². The molecule has 0 aromatic carbocycles. The molecule has 0 radical (unpaired) electrons. The second kappa shape index (κ2) is 5.52. The van der Waals surface area contributed by atoms with Crippen molar-refractivity contribution < 1.29 is 14.7 Å². The first kappa shape index (κ1) is 14.0. The summed E-state index contributed by atoms with van der Waals surface area (Å²) in [5, 5.41) is 8.99. The molecule has 0 bridgehead atoms. The molecule has 1 rings (SSSR count). The summed E-state index contributed by atoms with van der Waals surface area (Å²) in [6, 6.07) is 0. The number of hydrogen-bond donors (Lipinski definition) is 1. The molecule has 0 heterocycles. The van der Waals surface area contributed by atoms with Crippen LogP contribution in [-0.2, 0) is 9.59 Å². The van der Waals surface area contributed by atoms with Gasteiger partial charge in [-0.3, -0.25) is 9.59 Å². The molecule has 0 aromatic heterocycles. The van der Waals surface area contributed by atoms with Gasteiger partial charge in [-0.2, -0.15) is 0 Å². The number of carbonyl (C=O) groups is 2. The number of carbonyl (C=O) groups excluding carboxylic acids is 1. The molecule has 17 heavy (non-hydrogen) atoms. The third-order valence-electron chi connectivity index (χ3n) is 3.76. The van der Waals surface area contributed by atoms with Crippen LogP contribution in [0.5, 0.6) is 0 Å². The van der Waals surface area contributed by atoms with E-state index in [1.165, 1.54) is 39.5 Å². The lowest BCUT2D eigenvalue weighted by Gasteiger charge is -2.26. The van der Waals surface area contributed by atoms with E-state index < -0.39 is 11.4 Å². The van der Waals surface area contributed by atoms with Crippen molar-refractivity contribution in [2.24, 2.45) is 11.3 Å². The lowest BCUT2D eigenvalue weighted by molar-refractivity contribution is -0.157. The molecule has 4 heteroatoms. The van der Waals surface area contributed by atoms with E-state index in [0.717, 1.165) is 12.3 Å². The largest absolute Gasteiger partial charge is 0.480 e. The second-order valence-electron chi connectivity index (χ2n) is 5.60. The second-order valence-corrected chi connectivity index (χ2v) is 5.60. The Hall–Kier alpha value is -1.06. The number of carboxylic acids is 1. The summed E-state index contributed by atoms with van der Waals surface area (Å²) < 4.78 is 0. The Labute approximate surface area is 103 Å². The predicted molar refractivity (Wildman–Crippen MR) is 65.6 cm³/mol. The average molecular weight is 241 g/mol. The molecule has 1 amide bonds. The van der Waals surface area contributed by atoms with Crippen molar-refractivity contribution >= 4 is 11.9 Å². The van der Waals surface area contributed by atoms with E-state index in [2.05, 4.69) is 0 Å². The van der Waals surface area contributed by atoms with Crippen LogP contribution in [-0.4, -0.2) is 35.5 Å². The highest BCUT2D eigenvalue weighted by atomic mass is 16.4. The maximum Gasteiger partial charge on any atom is 0.318 e. The third kappa shape index (κ3) is 3.45. The van der Waals surface area contributed by atoms with Crippen LogP contribution < -0.4 is 0 Å². The van der Waals surface area contributed by atoms with Crippen LogP contribution in [0.25, 0.3) is 0 Å². The summed E-state index contributed by atoms with van der Waals surface area (Å²) in [4.78, 5) is 24.5. The van der Waals surface area contributed by atoms with Gasteiger partial charge in [-0.1, -0.05) is 25.7 Å². The van der Waals surface area contributed by atoms with Crippen LogP contribution in [0.1, 0.15) is 46.0 Å². The van der Waals surface area contributed by atoms with Gasteiger partial charge in [0, 0.05) is 13.6 Å². The Kier molecular flexibility index (Phi) is 4.54. The number of hydrogen-bond acceptors (Lipinski definition) is 2. The van der Waals surface area contributed by atoms with Crippen LogP contribution in [0.3, 0.4) is 0 Å². The van der Waals surface area contributed by atoms with E-state index in [-0.39, 0.29) is 5.91 Å². The van der Waals surface area contributed by atoms with Crippen molar-refractivity contribution in [3.8, 4) is 0 Å². The van der Waals surface area contributed by atoms with Gasteiger partial charge in [0.2, 0.25) is 5.91 Å². The molecule has 0 aromatic rings. The summed E-state index contributed by atoms with van der Waals surface area (Å²) in [6.45, 7) is 3.59. The molecular formula is C13H23NO3. The fraction of sp³-hybridized carbons (Fsp3) is 0.846. The highest BCUT2D eigenvalue weighted by molar-refractivity contribution is 6.00. The van der Waals surface area contributed by atoms with E-state index >= 15 is 0 Å². The molecule has 1 N–H and O–H groups in total. The highest BCUT2D eigenvalue weighted by Crippen LogP contribution is 2.28. The normalized spacial score (nSPS) is 17.1. The molecule has 1 aliphatic rings. The van der Waals surface area contributed by atoms with Crippen molar-refractivity contribution in [2.45, 2.75) is 46.0 Å². The first-order chi connectivity index (χ1) is 7.85. The molecule has 0 spiro atoms. The minimum atomic E-state index is -1.32. The van der Waals surface area contributed by atoms with Gasteiger partial charge in [-0.05, 0) is 26.2 Å². The number of amides is 1. The SMILES string of the molecule is CN(CCC1CCCC1)C(=O)C(C)(C)C(=O)O. The van der Waals surface area contributed by atoms with Gasteiger partial charge in [0.1, 0.15) is 5.41 Å². The number of aliphatic carboxylic acids is 1. The Balaban J connectivity index is 2.43. The van der Waals surface area contributed by atoms with E-state index in [4.69, 9.17) is 5.11 Å². The summed E-state index contributed by atoms with van der Waals surface area (Å²) in [6.07, 6.45) is 6.10. The van der Waals surface area contributed by atoms with Gasteiger partial charge < -0.3 is 10.0 Å². The van der Waals surface area contributed by atoms with Crippen LogP contribution in [0.15, 0.2) is 0 Å². The van der Waals surface area contributed by atoms with Gasteiger partial charge >= 0.3 is 5.97 Å². The van der Waals surface area contributed by atoms with Crippen LogP contribution in [0.4, 0.5) is 0 Å². The maximum atomic E-state index is 12.0. The number of carboxylic acid groups (broad SMARTS) is 1. The molecule has 0 aliphatic heterocycles. The first-order valence-electron chi connectivity index (χ1n) is 6.34. The van der Waals surface area contributed by atoms with Gasteiger partial charge in [0.15, 0.2) is 0 Å². The van der Waals surface area contributed by atoms with Crippen molar-refractivity contribution in [1.29, 1.82) is 0 Å². The Morgan fingerprint density at radius 1 is 1.29 bits per heavy atom. The standard InChI is InChI=1S/C13H23NO3/c1-13(2,12(16)17)11(15)14(3)9-8-10-6-4-5-7-10/h10H,4-9H2,1-3H3,(H,16,17). The summed E-state index contributed by atoms with van der Waals surface area (Å²) in [5.41, 5.74) is -1.32. The topological polar surface area (TPSA) is 57.6 Å². The molecule has 4 nitrogen and oxygen atoms in total. The lowest BCUT2D eigenvalue weighted by atomic mass is 9.91. The van der Waals surface area contributed by atoms with Crippen molar-refractivity contribution in [1.82, 2.24) is 4.90 Å². The lowest BCUT2D eigenvalue weighted by Crippen LogP contribution is -2.43. The highest BCUT2D eigenvalue weighted by Gasteiger charge is 2.38. The molecular weight excluding hydrogens is 218 g/mol. The fourth-order valence-electron chi connectivity index (χ4n) is 2.35. The molecule has 1 fully saturated rings. The van der Waals surface area contributed by atoms with Crippen molar-refractivity contribution in [2.75, 3.05) is 13.6 Å². The summed E-state index contributed by atoms with van der Waals surface area (Å²) in [7, 11) is 1.70. The van der Waals surface area contributed by atoms with E-state index in [9.17, 15) is 9.59 Å². The molecule has 1 aliphatic carbocycles.